The third-order valence-corrected chi connectivity index (χ3v) is 4.40. The molecule has 6 nitrogen and oxygen atoms in total. The Labute approximate surface area is 139 Å². The van der Waals surface area contributed by atoms with Crippen LogP contribution in [0.3, 0.4) is 0 Å². The molecule has 1 amide bonds. The lowest BCUT2D eigenvalue weighted by Crippen LogP contribution is -2.37. The van der Waals surface area contributed by atoms with Crippen LogP contribution in [0.25, 0.3) is 5.65 Å². The second-order valence-electron chi connectivity index (χ2n) is 5.99. The normalized spacial score (nSPS) is 13.8. The molecule has 2 aromatic heterocycles. The molecule has 4 rings (SSSR count). The maximum absolute atomic E-state index is 12.7. The lowest BCUT2D eigenvalue weighted by atomic mass is 10.1. The van der Waals surface area contributed by atoms with Crippen molar-refractivity contribution < 1.29 is 9.53 Å². The zero-order valence-electron chi connectivity index (χ0n) is 13.7. The predicted molar refractivity (Wildman–Crippen MR) is 89.2 cm³/mol. The van der Waals surface area contributed by atoms with E-state index in [1.165, 1.54) is 0 Å². The molecule has 1 aromatic carbocycles. The lowest BCUT2D eigenvalue weighted by Gasteiger charge is -2.28. The molecule has 0 bridgehead atoms. The average Bonchev–Trinajstić information content (AvgIpc) is 3.01. The smallest absolute Gasteiger partial charge is 0.254 e. The summed E-state index contributed by atoms with van der Waals surface area (Å²) in [6.45, 7) is 3.20. The molecule has 3 heterocycles. The van der Waals surface area contributed by atoms with E-state index in [1.54, 1.807) is 19.2 Å². The molecule has 0 radical (unpaired) electrons. The summed E-state index contributed by atoms with van der Waals surface area (Å²) in [5, 5.41) is 4.51. The van der Waals surface area contributed by atoms with E-state index in [1.807, 2.05) is 40.7 Å². The van der Waals surface area contributed by atoms with Gasteiger partial charge in [-0.2, -0.15) is 5.10 Å². The van der Waals surface area contributed by atoms with Crippen LogP contribution in [-0.4, -0.2) is 39.1 Å². The van der Waals surface area contributed by atoms with Gasteiger partial charge in [-0.05, 0) is 31.2 Å². The number of aryl methyl sites for hydroxylation is 1. The fourth-order valence-corrected chi connectivity index (χ4v) is 3.14. The molecular formula is C18H18N4O2. The Morgan fingerprint density at radius 3 is 2.79 bits per heavy atom. The van der Waals surface area contributed by atoms with Crippen LogP contribution in [0.5, 0.6) is 5.75 Å². The van der Waals surface area contributed by atoms with E-state index in [9.17, 15) is 4.79 Å². The second kappa shape index (κ2) is 5.63. The van der Waals surface area contributed by atoms with Crippen molar-refractivity contribution in [2.75, 3.05) is 13.7 Å². The van der Waals surface area contributed by atoms with Gasteiger partial charge in [-0.3, -0.25) is 4.79 Å². The average molecular weight is 322 g/mol. The number of hydrogen-bond acceptors (Lipinski definition) is 4. The van der Waals surface area contributed by atoms with Crippen molar-refractivity contribution in [2.24, 2.45) is 0 Å². The Bertz CT molecular complexity index is 915. The van der Waals surface area contributed by atoms with Crippen LogP contribution in [0.4, 0.5) is 0 Å². The Morgan fingerprint density at radius 2 is 2.04 bits per heavy atom. The third-order valence-electron chi connectivity index (χ3n) is 4.40. The molecule has 122 valence electrons. The summed E-state index contributed by atoms with van der Waals surface area (Å²) in [6.07, 6.45) is 2.64. The topological polar surface area (TPSA) is 59.7 Å². The molecule has 0 spiro atoms. The zero-order valence-corrected chi connectivity index (χ0v) is 13.7. The van der Waals surface area contributed by atoms with Gasteiger partial charge in [0.2, 0.25) is 0 Å². The van der Waals surface area contributed by atoms with Gasteiger partial charge in [0, 0.05) is 42.9 Å². The van der Waals surface area contributed by atoms with Crippen LogP contribution in [0.2, 0.25) is 0 Å². The van der Waals surface area contributed by atoms with Crippen LogP contribution in [0, 0.1) is 6.92 Å². The van der Waals surface area contributed by atoms with Gasteiger partial charge < -0.3 is 9.64 Å². The first-order valence-electron chi connectivity index (χ1n) is 7.92. The summed E-state index contributed by atoms with van der Waals surface area (Å²) in [6, 6.07) is 9.19. The highest BCUT2D eigenvalue weighted by Gasteiger charge is 2.24. The minimum Gasteiger partial charge on any atom is -0.497 e. The SMILES string of the molecule is COc1ccc(C(=O)N2CCc3c(cnc4cc(C)nn34)C2)cc1. The van der Waals surface area contributed by atoms with Gasteiger partial charge in [-0.15, -0.1) is 0 Å². The van der Waals surface area contributed by atoms with Gasteiger partial charge in [-0.1, -0.05) is 0 Å². The standard InChI is InChI=1S/C18H18N4O2/c1-12-9-17-19-10-14-11-21(8-7-16(14)22(17)20-12)18(23)13-3-5-15(24-2)6-4-13/h3-6,9-10H,7-8,11H2,1-2H3. The number of amides is 1. The number of nitrogens with zero attached hydrogens (tertiary/aromatic N) is 4. The first-order valence-corrected chi connectivity index (χ1v) is 7.92. The summed E-state index contributed by atoms with van der Waals surface area (Å²) in [5.74, 6) is 0.774. The molecule has 3 aromatic rings. The number of methoxy groups -OCH3 is 1. The highest BCUT2D eigenvalue weighted by Crippen LogP contribution is 2.22. The van der Waals surface area contributed by atoms with Gasteiger partial charge in [0.15, 0.2) is 5.65 Å². The van der Waals surface area contributed by atoms with Crippen LogP contribution in [0.15, 0.2) is 36.5 Å². The number of hydrogen-bond donors (Lipinski definition) is 0. The number of rotatable bonds is 2. The van der Waals surface area contributed by atoms with Crippen molar-refractivity contribution in [1.29, 1.82) is 0 Å². The molecule has 1 aliphatic rings. The minimum absolute atomic E-state index is 0.0278. The number of carbonyl (C=O) groups excluding carboxylic acids is 1. The number of fused-ring (bicyclic) bond motifs is 3. The zero-order chi connectivity index (χ0) is 16.7. The highest BCUT2D eigenvalue weighted by molar-refractivity contribution is 5.94. The molecule has 0 fully saturated rings. The monoisotopic (exact) mass is 322 g/mol. The predicted octanol–water partition coefficient (Wildman–Crippen LogP) is 2.24. The first kappa shape index (κ1) is 14.7. The number of aromatic nitrogens is 3. The van der Waals surface area contributed by atoms with E-state index < -0.39 is 0 Å². The quantitative estimate of drug-likeness (QED) is 0.726. The van der Waals surface area contributed by atoms with Crippen molar-refractivity contribution in [3.05, 3.63) is 59.0 Å². The molecule has 6 heteroatoms. The summed E-state index contributed by atoms with van der Waals surface area (Å²) in [7, 11) is 1.61. The summed E-state index contributed by atoms with van der Waals surface area (Å²) >= 11 is 0. The second-order valence-corrected chi connectivity index (χ2v) is 5.99. The van der Waals surface area contributed by atoms with E-state index in [0.29, 0.717) is 18.7 Å². The maximum Gasteiger partial charge on any atom is 0.254 e. The van der Waals surface area contributed by atoms with Crippen molar-refractivity contribution in [3.63, 3.8) is 0 Å². The summed E-state index contributed by atoms with van der Waals surface area (Å²) in [5.41, 5.74) is 4.68. The van der Waals surface area contributed by atoms with Crippen molar-refractivity contribution in [3.8, 4) is 5.75 Å². The van der Waals surface area contributed by atoms with Crippen molar-refractivity contribution in [1.82, 2.24) is 19.5 Å². The van der Waals surface area contributed by atoms with Gasteiger partial charge in [0.1, 0.15) is 5.75 Å². The fraction of sp³-hybridized carbons (Fsp3) is 0.278. The Morgan fingerprint density at radius 1 is 1.25 bits per heavy atom. The molecular weight excluding hydrogens is 304 g/mol. The number of carbonyl (C=O) groups is 1. The number of benzene rings is 1. The molecule has 0 N–H and O–H groups in total. The van der Waals surface area contributed by atoms with E-state index in [2.05, 4.69) is 10.1 Å². The van der Waals surface area contributed by atoms with Gasteiger partial charge in [0.05, 0.1) is 18.5 Å². The van der Waals surface area contributed by atoms with E-state index >= 15 is 0 Å². The van der Waals surface area contributed by atoms with Crippen molar-refractivity contribution >= 4 is 11.6 Å². The molecule has 0 saturated heterocycles. The van der Waals surface area contributed by atoms with Crippen LogP contribution in [0.1, 0.15) is 27.3 Å². The van der Waals surface area contributed by atoms with Crippen molar-refractivity contribution in [2.45, 2.75) is 19.9 Å². The number of ether oxygens (including phenoxy) is 1. The minimum atomic E-state index is 0.0278. The van der Waals surface area contributed by atoms with Gasteiger partial charge in [0.25, 0.3) is 5.91 Å². The van der Waals surface area contributed by atoms with Crippen LogP contribution < -0.4 is 4.74 Å². The Balaban J connectivity index is 1.61. The molecule has 0 saturated carbocycles. The Hall–Kier alpha value is -2.89. The molecule has 0 aliphatic carbocycles. The van der Waals surface area contributed by atoms with Crippen LogP contribution in [-0.2, 0) is 13.0 Å². The molecule has 1 aliphatic heterocycles. The lowest BCUT2D eigenvalue weighted by molar-refractivity contribution is 0.0732. The Kier molecular flexibility index (Phi) is 3.45. The first-order chi connectivity index (χ1) is 11.7. The third kappa shape index (κ3) is 2.40. The summed E-state index contributed by atoms with van der Waals surface area (Å²) < 4.78 is 7.04. The van der Waals surface area contributed by atoms with Gasteiger partial charge >= 0.3 is 0 Å². The molecule has 24 heavy (non-hydrogen) atoms. The van der Waals surface area contributed by atoms with Gasteiger partial charge in [-0.25, -0.2) is 9.50 Å². The summed E-state index contributed by atoms with van der Waals surface area (Å²) in [4.78, 5) is 19.0. The highest BCUT2D eigenvalue weighted by atomic mass is 16.5. The largest absolute Gasteiger partial charge is 0.497 e. The van der Waals surface area contributed by atoms with E-state index in [-0.39, 0.29) is 5.91 Å². The van der Waals surface area contributed by atoms with Crippen LogP contribution >= 0.6 is 0 Å². The van der Waals surface area contributed by atoms with E-state index in [0.717, 1.165) is 34.8 Å². The van der Waals surface area contributed by atoms with E-state index in [4.69, 9.17) is 4.74 Å². The molecule has 0 unspecified atom stereocenters. The maximum atomic E-state index is 12.7. The fourth-order valence-electron chi connectivity index (χ4n) is 3.14. The molecule has 0 atom stereocenters.